The zero-order valence-electron chi connectivity index (χ0n) is 6.65. The van der Waals surface area contributed by atoms with Crippen LogP contribution in [0.4, 0.5) is 0 Å². The zero-order valence-corrected chi connectivity index (χ0v) is 7.65. The molecule has 0 aliphatic heterocycles. The van der Waals surface area contributed by atoms with Crippen LogP contribution in [0.15, 0.2) is 11.8 Å². The van der Waals surface area contributed by atoms with E-state index in [2.05, 4.69) is 31.4 Å². The van der Waals surface area contributed by atoms with Crippen molar-refractivity contribution in [3.8, 4) is 0 Å². The minimum Gasteiger partial charge on any atom is -0.0986 e. The van der Waals surface area contributed by atoms with Gasteiger partial charge in [0.2, 0.25) is 0 Å². The average Bonchev–Trinajstić information content (AvgIpc) is 2.38. The third-order valence-electron chi connectivity index (χ3n) is 1.49. The monoisotopic (exact) mass is 140 g/mol. The molecular formula is C8H16Si. The van der Waals surface area contributed by atoms with E-state index in [9.17, 15) is 0 Å². The molecule has 1 aliphatic rings. The molecule has 0 N–H and O–H groups in total. The van der Waals surface area contributed by atoms with Gasteiger partial charge < -0.3 is 0 Å². The molecule has 0 unspecified atom stereocenters. The highest BCUT2D eigenvalue weighted by atomic mass is 28.3. The molecule has 0 aromatic rings. The lowest BCUT2D eigenvalue weighted by Crippen LogP contribution is -2.15. The van der Waals surface area contributed by atoms with Crippen molar-refractivity contribution in [1.82, 2.24) is 0 Å². The third kappa shape index (κ3) is 3.52. The quantitative estimate of drug-likeness (QED) is 0.517. The van der Waals surface area contributed by atoms with Gasteiger partial charge in [0.05, 0.1) is 8.07 Å². The lowest BCUT2D eigenvalue weighted by atomic mass is 10.4. The molecule has 0 radical (unpaired) electrons. The standard InChI is InChI=1S/C8H16Si/c1-9(2,3)7-6-8-4-5-8/h6-8H,4-5H2,1-3H3/b7-6+. The van der Waals surface area contributed by atoms with Crippen molar-refractivity contribution >= 4 is 8.07 Å². The van der Waals surface area contributed by atoms with Crippen molar-refractivity contribution < 1.29 is 0 Å². The van der Waals surface area contributed by atoms with E-state index in [1.54, 1.807) is 0 Å². The Kier molecular flexibility index (Phi) is 1.80. The fourth-order valence-electron chi connectivity index (χ4n) is 0.713. The van der Waals surface area contributed by atoms with Crippen LogP contribution < -0.4 is 0 Å². The summed E-state index contributed by atoms with van der Waals surface area (Å²) in [5, 5.41) is 0. The number of rotatable bonds is 2. The molecule has 1 aliphatic carbocycles. The summed E-state index contributed by atoms with van der Waals surface area (Å²) in [4.78, 5) is 0. The maximum Gasteiger partial charge on any atom is 0.0682 e. The largest absolute Gasteiger partial charge is 0.0986 e. The third-order valence-corrected chi connectivity index (χ3v) is 2.68. The smallest absolute Gasteiger partial charge is 0.0682 e. The Bertz CT molecular complexity index is 115. The van der Waals surface area contributed by atoms with Crippen LogP contribution in [-0.4, -0.2) is 8.07 Å². The number of allylic oxidation sites excluding steroid dienone is 1. The number of hydrogen-bond acceptors (Lipinski definition) is 0. The molecular weight excluding hydrogens is 124 g/mol. The molecule has 1 rings (SSSR count). The summed E-state index contributed by atoms with van der Waals surface area (Å²) >= 11 is 0. The molecule has 52 valence electrons. The van der Waals surface area contributed by atoms with E-state index in [0.717, 1.165) is 5.92 Å². The normalized spacial score (nSPS) is 21.2. The summed E-state index contributed by atoms with van der Waals surface area (Å²) in [6.07, 6.45) is 5.31. The fourth-order valence-corrected chi connectivity index (χ4v) is 1.56. The van der Waals surface area contributed by atoms with Crippen LogP contribution in [0.1, 0.15) is 12.8 Å². The van der Waals surface area contributed by atoms with Crippen LogP contribution in [0, 0.1) is 5.92 Å². The highest BCUT2D eigenvalue weighted by molar-refractivity contribution is 6.80. The second-order valence-corrected chi connectivity index (χ2v) is 9.13. The Morgan fingerprint density at radius 1 is 1.22 bits per heavy atom. The van der Waals surface area contributed by atoms with E-state index in [-0.39, 0.29) is 0 Å². The predicted molar refractivity (Wildman–Crippen MR) is 45.2 cm³/mol. The Labute approximate surface area is 59.0 Å². The Hall–Kier alpha value is -0.0431. The van der Waals surface area contributed by atoms with E-state index in [1.807, 2.05) is 0 Å². The lowest BCUT2D eigenvalue weighted by molar-refractivity contribution is 1.13. The topological polar surface area (TPSA) is 0 Å². The van der Waals surface area contributed by atoms with Gasteiger partial charge >= 0.3 is 0 Å². The van der Waals surface area contributed by atoms with Crippen LogP contribution >= 0.6 is 0 Å². The highest BCUT2D eigenvalue weighted by Gasteiger charge is 2.18. The summed E-state index contributed by atoms with van der Waals surface area (Å²) in [5.74, 6) is 0.969. The van der Waals surface area contributed by atoms with Crippen molar-refractivity contribution in [2.45, 2.75) is 32.5 Å². The lowest BCUT2D eigenvalue weighted by Gasteiger charge is -2.07. The molecule has 1 heteroatoms. The van der Waals surface area contributed by atoms with E-state index >= 15 is 0 Å². The van der Waals surface area contributed by atoms with Crippen molar-refractivity contribution in [3.63, 3.8) is 0 Å². The van der Waals surface area contributed by atoms with Gasteiger partial charge in [0, 0.05) is 0 Å². The van der Waals surface area contributed by atoms with Gasteiger partial charge in [0.25, 0.3) is 0 Å². The summed E-state index contributed by atoms with van der Waals surface area (Å²) in [6.45, 7) is 7.14. The van der Waals surface area contributed by atoms with E-state index in [0.29, 0.717) is 0 Å². The first-order valence-electron chi connectivity index (χ1n) is 3.77. The molecule has 1 saturated carbocycles. The highest BCUT2D eigenvalue weighted by Crippen LogP contribution is 2.30. The summed E-state index contributed by atoms with van der Waals surface area (Å²) in [5.41, 5.74) is 2.46. The molecule has 0 spiro atoms. The molecule has 0 atom stereocenters. The van der Waals surface area contributed by atoms with Gasteiger partial charge in [-0.2, -0.15) is 0 Å². The Morgan fingerprint density at radius 3 is 2.11 bits per heavy atom. The van der Waals surface area contributed by atoms with E-state index in [1.165, 1.54) is 12.8 Å². The molecule has 0 aromatic heterocycles. The van der Waals surface area contributed by atoms with Gasteiger partial charge in [-0.1, -0.05) is 31.4 Å². The first-order chi connectivity index (χ1) is 4.08. The van der Waals surface area contributed by atoms with Crippen LogP contribution in [0.5, 0.6) is 0 Å². The summed E-state index contributed by atoms with van der Waals surface area (Å²) < 4.78 is 0. The van der Waals surface area contributed by atoms with Crippen molar-refractivity contribution in [3.05, 3.63) is 11.8 Å². The van der Waals surface area contributed by atoms with Crippen molar-refractivity contribution in [1.29, 1.82) is 0 Å². The van der Waals surface area contributed by atoms with Gasteiger partial charge in [0.15, 0.2) is 0 Å². The van der Waals surface area contributed by atoms with E-state index < -0.39 is 8.07 Å². The average molecular weight is 140 g/mol. The molecule has 1 fully saturated rings. The second-order valence-electron chi connectivity index (χ2n) is 4.06. The van der Waals surface area contributed by atoms with Crippen LogP contribution in [0.3, 0.4) is 0 Å². The van der Waals surface area contributed by atoms with Gasteiger partial charge in [-0.25, -0.2) is 0 Å². The molecule has 0 saturated heterocycles. The Balaban J connectivity index is 2.29. The molecule has 0 bridgehead atoms. The van der Waals surface area contributed by atoms with Gasteiger partial charge in [-0.15, -0.1) is 0 Å². The maximum absolute atomic E-state index is 2.46. The summed E-state index contributed by atoms with van der Waals surface area (Å²) in [7, 11) is -0.861. The molecule has 0 amide bonds. The SMILES string of the molecule is C[Si](C)(C)/C=C/C1CC1. The molecule has 0 heterocycles. The maximum atomic E-state index is 2.46. The molecule has 9 heavy (non-hydrogen) atoms. The molecule has 0 aromatic carbocycles. The minimum atomic E-state index is -0.861. The molecule has 0 nitrogen and oxygen atoms in total. The zero-order chi connectivity index (χ0) is 6.91. The van der Waals surface area contributed by atoms with Crippen LogP contribution in [0.25, 0.3) is 0 Å². The van der Waals surface area contributed by atoms with Crippen LogP contribution in [-0.2, 0) is 0 Å². The van der Waals surface area contributed by atoms with Crippen LogP contribution in [0.2, 0.25) is 19.6 Å². The van der Waals surface area contributed by atoms with Gasteiger partial charge in [-0.05, 0) is 18.8 Å². The fraction of sp³-hybridized carbons (Fsp3) is 0.750. The first kappa shape index (κ1) is 7.07. The first-order valence-corrected chi connectivity index (χ1v) is 7.35. The number of hydrogen-bond donors (Lipinski definition) is 0. The van der Waals surface area contributed by atoms with Gasteiger partial charge in [0.1, 0.15) is 0 Å². The summed E-state index contributed by atoms with van der Waals surface area (Å²) in [6, 6.07) is 0. The van der Waals surface area contributed by atoms with Crippen molar-refractivity contribution in [2.75, 3.05) is 0 Å². The predicted octanol–water partition coefficient (Wildman–Crippen LogP) is 2.83. The Morgan fingerprint density at radius 2 is 1.78 bits per heavy atom. The van der Waals surface area contributed by atoms with E-state index in [4.69, 9.17) is 0 Å². The van der Waals surface area contributed by atoms with Gasteiger partial charge in [-0.3, -0.25) is 0 Å². The van der Waals surface area contributed by atoms with Crippen molar-refractivity contribution in [2.24, 2.45) is 5.92 Å². The minimum absolute atomic E-state index is 0.861. The second kappa shape index (κ2) is 2.29.